The number of methoxy groups -OCH3 is 2. The Kier molecular flexibility index (Phi) is 8.33. The molecule has 2 amide bonds. The van der Waals surface area contributed by atoms with E-state index in [0.717, 1.165) is 24.0 Å². The van der Waals surface area contributed by atoms with Gasteiger partial charge in [-0.15, -0.1) is 0 Å². The molecule has 0 radical (unpaired) electrons. The van der Waals surface area contributed by atoms with Crippen molar-refractivity contribution in [3.8, 4) is 11.5 Å². The van der Waals surface area contributed by atoms with E-state index in [9.17, 15) is 9.59 Å². The van der Waals surface area contributed by atoms with Gasteiger partial charge in [-0.1, -0.05) is 19.1 Å². The molecule has 0 N–H and O–H groups in total. The van der Waals surface area contributed by atoms with Gasteiger partial charge in [0.15, 0.2) is 11.5 Å². The van der Waals surface area contributed by atoms with E-state index in [4.69, 9.17) is 9.47 Å². The minimum absolute atomic E-state index is 0.0484. The largest absolute Gasteiger partial charge is 0.493 e. The Morgan fingerprint density at radius 1 is 0.970 bits per heavy atom. The number of amides is 2. The van der Waals surface area contributed by atoms with Crippen LogP contribution in [0.4, 0.5) is 0 Å². The lowest BCUT2D eigenvalue weighted by Gasteiger charge is -2.32. The number of carbonyl (C=O) groups excluding carboxylic acids is 2. The van der Waals surface area contributed by atoms with Crippen molar-refractivity contribution < 1.29 is 19.1 Å². The minimum Gasteiger partial charge on any atom is -0.493 e. The summed E-state index contributed by atoms with van der Waals surface area (Å²) in [4.78, 5) is 32.0. The summed E-state index contributed by atoms with van der Waals surface area (Å²) < 4.78 is 10.8. The Labute approximate surface area is 196 Å². The quantitative estimate of drug-likeness (QED) is 0.584. The third kappa shape index (κ3) is 6.05. The molecule has 3 rings (SSSR count). The zero-order valence-corrected chi connectivity index (χ0v) is 20.4. The zero-order valence-electron chi connectivity index (χ0n) is 20.4. The first-order valence-corrected chi connectivity index (χ1v) is 11.4. The van der Waals surface area contributed by atoms with Crippen molar-refractivity contribution in [3.05, 3.63) is 58.7 Å². The van der Waals surface area contributed by atoms with Crippen LogP contribution in [0.15, 0.2) is 36.4 Å². The van der Waals surface area contributed by atoms with E-state index in [0.29, 0.717) is 43.2 Å². The van der Waals surface area contributed by atoms with Crippen molar-refractivity contribution in [1.29, 1.82) is 0 Å². The van der Waals surface area contributed by atoms with Crippen molar-refractivity contribution in [2.45, 2.75) is 26.3 Å². The van der Waals surface area contributed by atoms with Gasteiger partial charge in [-0.3, -0.25) is 9.59 Å². The lowest BCUT2D eigenvalue weighted by molar-refractivity contribution is -0.132. The smallest absolute Gasteiger partial charge is 0.254 e. The summed E-state index contributed by atoms with van der Waals surface area (Å²) in [5.41, 5.74) is 4.00. The predicted molar refractivity (Wildman–Crippen MR) is 129 cm³/mol. The molecule has 0 fully saturated rings. The monoisotopic (exact) mass is 453 g/mol. The van der Waals surface area contributed by atoms with Crippen LogP contribution in [0.3, 0.4) is 0 Å². The first kappa shape index (κ1) is 24.6. The van der Waals surface area contributed by atoms with Crippen LogP contribution in [0, 0.1) is 0 Å². The van der Waals surface area contributed by atoms with Crippen molar-refractivity contribution in [1.82, 2.24) is 14.7 Å². The van der Waals surface area contributed by atoms with Crippen LogP contribution in [-0.4, -0.2) is 81.0 Å². The Bertz CT molecular complexity index is 972. The molecule has 0 unspecified atom stereocenters. The van der Waals surface area contributed by atoms with Crippen molar-refractivity contribution in [2.24, 2.45) is 0 Å². The molecule has 1 aliphatic heterocycles. The highest BCUT2D eigenvalue weighted by molar-refractivity contribution is 5.96. The fraction of sp³-hybridized carbons (Fsp3) is 0.462. The Morgan fingerprint density at radius 3 is 2.18 bits per heavy atom. The summed E-state index contributed by atoms with van der Waals surface area (Å²) in [6, 6.07) is 11.6. The van der Waals surface area contributed by atoms with Gasteiger partial charge in [0.25, 0.3) is 5.91 Å². The van der Waals surface area contributed by atoms with E-state index < -0.39 is 0 Å². The maximum absolute atomic E-state index is 13.2. The summed E-state index contributed by atoms with van der Waals surface area (Å²) >= 11 is 0. The van der Waals surface area contributed by atoms with E-state index in [2.05, 4.69) is 6.92 Å². The number of benzene rings is 2. The highest BCUT2D eigenvalue weighted by atomic mass is 16.5. The second-order valence-electron chi connectivity index (χ2n) is 8.62. The van der Waals surface area contributed by atoms with Crippen LogP contribution in [0.1, 0.15) is 34.0 Å². The molecule has 7 nitrogen and oxygen atoms in total. The molecule has 2 aromatic carbocycles. The molecule has 0 atom stereocenters. The lowest BCUT2D eigenvalue weighted by atomic mass is 9.98. The Morgan fingerprint density at radius 2 is 1.61 bits per heavy atom. The maximum atomic E-state index is 13.2. The fourth-order valence-corrected chi connectivity index (χ4v) is 4.00. The third-order valence-corrected chi connectivity index (χ3v) is 6.11. The maximum Gasteiger partial charge on any atom is 0.254 e. The summed E-state index contributed by atoms with van der Waals surface area (Å²) in [5.74, 6) is 1.19. The average molecular weight is 454 g/mol. The van der Waals surface area contributed by atoms with Gasteiger partial charge in [0.2, 0.25) is 5.91 Å². The molecule has 0 spiro atoms. The van der Waals surface area contributed by atoms with Crippen molar-refractivity contribution in [2.75, 3.05) is 54.5 Å². The standard InChI is InChI=1S/C26H35N3O4/c1-6-19-7-9-20(10-8-19)26(31)29(14-13-27(2)3)18-25(30)28-12-11-21-15-23(32-4)24(33-5)16-22(21)17-28/h7-10,15-16H,6,11-14,17-18H2,1-5H3. The molecule has 2 aromatic rings. The van der Waals surface area contributed by atoms with Gasteiger partial charge in [0, 0.05) is 31.7 Å². The zero-order chi connectivity index (χ0) is 24.0. The summed E-state index contributed by atoms with van der Waals surface area (Å²) in [6.07, 6.45) is 1.66. The molecule has 0 aromatic heterocycles. The molecular formula is C26H35N3O4. The van der Waals surface area contributed by atoms with Crippen LogP contribution in [0.5, 0.6) is 11.5 Å². The van der Waals surface area contributed by atoms with Gasteiger partial charge in [-0.25, -0.2) is 0 Å². The van der Waals surface area contributed by atoms with E-state index in [1.807, 2.05) is 60.3 Å². The fourth-order valence-electron chi connectivity index (χ4n) is 4.00. The molecule has 0 aliphatic carbocycles. The van der Waals surface area contributed by atoms with Crippen LogP contribution in [0.25, 0.3) is 0 Å². The van der Waals surface area contributed by atoms with Crippen LogP contribution >= 0.6 is 0 Å². The van der Waals surface area contributed by atoms with Gasteiger partial charge in [0.05, 0.1) is 14.2 Å². The van der Waals surface area contributed by atoms with Crippen LogP contribution in [-0.2, 0) is 24.2 Å². The van der Waals surface area contributed by atoms with E-state index in [1.54, 1.807) is 19.1 Å². The normalized spacial score (nSPS) is 13.0. The van der Waals surface area contributed by atoms with Crippen LogP contribution < -0.4 is 9.47 Å². The Hall–Kier alpha value is -3.06. The SMILES string of the molecule is CCc1ccc(C(=O)N(CCN(C)C)CC(=O)N2CCc3cc(OC)c(OC)cc3C2)cc1. The summed E-state index contributed by atoms with van der Waals surface area (Å²) in [7, 11) is 7.16. The van der Waals surface area contributed by atoms with Gasteiger partial charge in [0.1, 0.15) is 6.54 Å². The highest BCUT2D eigenvalue weighted by Gasteiger charge is 2.26. The highest BCUT2D eigenvalue weighted by Crippen LogP contribution is 2.33. The molecular weight excluding hydrogens is 418 g/mol. The summed E-state index contributed by atoms with van der Waals surface area (Å²) in [6.45, 7) is 4.43. The molecule has 1 aliphatic rings. The van der Waals surface area contributed by atoms with E-state index in [1.165, 1.54) is 5.56 Å². The van der Waals surface area contributed by atoms with E-state index in [-0.39, 0.29) is 18.4 Å². The number of fused-ring (bicyclic) bond motifs is 1. The second kappa shape index (κ2) is 11.2. The van der Waals surface area contributed by atoms with E-state index >= 15 is 0 Å². The number of ether oxygens (including phenoxy) is 2. The molecule has 1 heterocycles. The first-order chi connectivity index (χ1) is 15.9. The number of rotatable bonds is 9. The number of carbonyl (C=O) groups is 2. The molecule has 33 heavy (non-hydrogen) atoms. The third-order valence-electron chi connectivity index (χ3n) is 6.11. The predicted octanol–water partition coefficient (Wildman–Crippen LogP) is 2.85. The molecule has 0 saturated heterocycles. The van der Waals surface area contributed by atoms with Crippen LogP contribution in [0.2, 0.25) is 0 Å². The van der Waals surface area contributed by atoms with Crippen molar-refractivity contribution in [3.63, 3.8) is 0 Å². The Balaban J connectivity index is 1.74. The number of aryl methyl sites for hydroxylation is 1. The second-order valence-corrected chi connectivity index (χ2v) is 8.62. The molecule has 7 heteroatoms. The number of nitrogens with zero attached hydrogens (tertiary/aromatic N) is 3. The van der Waals surface area contributed by atoms with Gasteiger partial charge in [-0.05, 0) is 67.9 Å². The number of likely N-dealkylation sites (N-methyl/N-ethyl adjacent to an activating group) is 1. The molecule has 178 valence electrons. The van der Waals surface area contributed by atoms with Crippen molar-refractivity contribution >= 4 is 11.8 Å². The van der Waals surface area contributed by atoms with Gasteiger partial charge < -0.3 is 24.2 Å². The first-order valence-electron chi connectivity index (χ1n) is 11.4. The lowest BCUT2D eigenvalue weighted by Crippen LogP contribution is -2.46. The topological polar surface area (TPSA) is 62.3 Å². The number of hydrogen-bond donors (Lipinski definition) is 0. The molecule has 0 bridgehead atoms. The van der Waals surface area contributed by atoms with Gasteiger partial charge >= 0.3 is 0 Å². The van der Waals surface area contributed by atoms with Gasteiger partial charge in [-0.2, -0.15) is 0 Å². The molecule has 0 saturated carbocycles. The number of hydrogen-bond acceptors (Lipinski definition) is 5. The summed E-state index contributed by atoms with van der Waals surface area (Å²) in [5, 5.41) is 0. The minimum atomic E-state index is -0.114. The average Bonchev–Trinajstić information content (AvgIpc) is 2.84.